The number of hydrogen-bond acceptors (Lipinski definition) is 7. The molecule has 0 saturated carbocycles. The molecule has 0 unspecified atom stereocenters. The topological polar surface area (TPSA) is 118 Å². The minimum atomic E-state index is -0.295. The molecule has 1 amide bonds. The van der Waals surface area contributed by atoms with Gasteiger partial charge in [0.15, 0.2) is 5.65 Å². The van der Waals surface area contributed by atoms with Gasteiger partial charge < -0.3 is 15.7 Å². The molecule has 0 aliphatic carbocycles. The minimum absolute atomic E-state index is 0.0700. The molecule has 4 rings (SSSR count). The van der Waals surface area contributed by atoms with Crippen molar-refractivity contribution in [1.82, 2.24) is 24.7 Å². The van der Waals surface area contributed by atoms with Crippen LogP contribution >= 0.6 is 0 Å². The predicted octanol–water partition coefficient (Wildman–Crippen LogP) is 3.20. The van der Waals surface area contributed by atoms with Gasteiger partial charge in [-0.2, -0.15) is 5.10 Å². The van der Waals surface area contributed by atoms with E-state index >= 15 is 0 Å². The standard InChI is InChI=1S/C21H21N7O2/c1-12-7-15(9-23-20(12)29)21(30)26-16-6-4-5-14(8-16)13(2)25-18-11-22-17-10-24-28(3)19(17)27-18/h4-11,13H,1-3H3,(H,23,29)(H,25,27)(H,26,30)/t13-/m0/s1. The highest BCUT2D eigenvalue weighted by Crippen LogP contribution is 2.22. The Balaban J connectivity index is 1.49. The van der Waals surface area contributed by atoms with Gasteiger partial charge in [0, 0.05) is 24.5 Å². The second-order valence-corrected chi connectivity index (χ2v) is 7.04. The highest BCUT2D eigenvalue weighted by molar-refractivity contribution is 6.04. The van der Waals surface area contributed by atoms with E-state index < -0.39 is 0 Å². The monoisotopic (exact) mass is 403 g/mol. The number of aromatic nitrogens is 5. The molecule has 152 valence electrons. The van der Waals surface area contributed by atoms with E-state index in [1.807, 2.05) is 38.2 Å². The maximum absolute atomic E-state index is 12.5. The number of benzene rings is 1. The Kier molecular flexibility index (Phi) is 5.01. The Morgan fingerprint density at radius 1 is 1.17 bits per heavy atom. The Morgan fingerprint density at radius 2 is 2.00 bits per heavy atom. The summed E-state index contributed by atoms with van der Waals surface area (Å²) >= 11 is 0. The second-order valence-electron chi connectivity index (χ2n) is 7.04. The van der Waals surface area contributed by atoms with Crippen molar-refractivity contribution in [1.29, 1.82) is 0 Å². The molecule has 3 aromatic heterocycles. The smallest absolute Gasteiger partial charge is 0.257 e. The fraction of sp³-hybridized carbons (Fsp3) is 0.190. The summed E-state index contributed by atoms with van der Waals surface area (Å²) in [5, 5.41) is 19.9. The van der Waals surface area contributed by atoms with E-state index in [9.17, 15) is 9.90 Å². The van der Waals surface area contributed by atoms with Crippen LogP contribution in [0.5, 0.6) is 5.88 Å². The zero-order valence-electron chi connectivity index (χ0n) is 16.8. The number of nitrogens with one attached hydrogen (secondary N) is 2. The van der Waals surface area contributed by atoms with Crippen LogP contribution in [0, 0.1) is 6.92 Å². The lowest BCUT2D eigenvalue weighted by molar-refractivity contribution is 0.102. The Hall–Kier alpha value is -4.01. The van der Waals surface area contributed by atoms with E-state index in [0.29, 0.717) is 28.3 Å². The highest BCUT2D eigenvalue weighted by atomic mass is 16.3. The highest BCUT2D eigenvalue weighted by Gasteiger charge is 2.12. The zero-order valence-corrected chi connectivity index (χ0v) is 16.8. The number of rotatable bonds is 5. The van der Waals surface area contributed by atoms with Crippen molar-refractivity contribution >= 4 is 28.6 Å². The van der Waals surface area contributed by atoms with E-state index in [1.165, 1.54) is 6.20 Å². The summed E-state index contributed by atoms with van der Waals surface area (Å²) in [6.45, 7) is 3.70. The number of anilines is 2. The first-order chi connectivity index (χ1) is 14.4. The summed E-state index contributed by atoms with van der Waals surface area (Å²) in [5.74, 6) is 0.260. The normalized spacial score (nSPS) is 12.0. The summed E-state index contributed by atoms with van der Waals surface area (Å²) < 4.78 is 1.67. The average molecular weight is 403 g/mol. The van der Waals surface area contributed by atoms with Crippen LogP contribution in [0.25, 0.3) is 11.2 Å². The lowest BCUT2D eigenvalue weighted by atomic mass is 10.1. The van der Waals surface area contributed by atoms with Crippen LogP contribution in [0.1, 0.15) is 34.5 Å². The third-order valence-corrected chi connectivity index (χ3v) is 4.76. The summed E-state index contributed by atoms with van der Waals surface area (Å²) in [7, 11) is 1.82. The van der Waals surface area contributed by atoms with Crippen molar-refractivity contribution in [2.75, 3.05) is 10.6 Å². The quantitative estimate of drug-likeness (QED) is 0.468. The van der Waals surface area contributed by atoms with Crippen LogP contribution < -0.4 is 10.6 Å². The molecule has 1 aromatic carbocycles. The molecule has 0 fully saturated rings. The van der Waals surface area contributed by atoms with Gasteiger partial charge in [-0.05, 0) is 37.6 Å². The maximum Gasteiger partial charge on any atom is 0.257 e. The molecule has 9 nitrogen and oxygen atoms in total. The van der Waals surface area contributed by atoms with Crippen LogP contribution in [-0.2, 0) is 7.05 Å². The molecule has 0 saturated heterocycles. The Labute approximate surface area is 172 Å². The first kappa shape index (κ1) is 19.3. The fourth-order valence-corrected chi connectivity index (χ4v) is 3.07. The predicted molar refractivity (Wildman–Crippen MR) is 113 cm³/mol. The number of carbonyl (C=O) groups is 1. The fourth-order valence-electron chi connectivity index (χ4n) is 3.07. The molecule has 3 N–H and O–H groups in total. The zero-order chi connectivity index (χ0) is 21.3. The maximum atomic E-state index is 12.5. The summed E-state index contributed by atoms with van der Waals surface area (Å²) in [6.07, 6.45) is 4.69. The van der Waals surface area contributed by atoms with Crippen LogP contribution in [0.15, 0.2) is 48.9 Å². The van der Waals surface area contributed by atoms with Crippen LogP contribution in [0.2, 0.25) is 0 Å². The van der Waals surface area contributed by atoms with Gasteiger partial charge in [0.2, 0.25) is 5.88 Å². The molecule has 0 radical (unpaired) electrons. The molecule has 4 aromatic rings. The Morgan fingerprint density at radius 3 is 2.80 bits per heavy atom. The lowest BCUT2D eigenvalue weighted by Crippen LogP contribution is -2.13. The van der Waals surface area contributed by atoms with E-state index in [-0.39, 0.29) is 17.8 Å². The van der Waals surface area contributed by atoms with E-state index in [1.54, 1.807) is 30.1 Å². The van der Waals surface area contributed by atoms with Gasteiger partial charge in [-0.1, -0.05) is 12.1 Å². The third kappa shape index (κ3) is 3.90. The van der Waals surface area contributed by atoms with Gasteiger partial charge in [-0.15, -0.1) is 0 Å². The molecule has 0 spiro atoms. The van der Waals surface area contributed by atoms with Crippen molar-refractivity contribution < 1.29 is 9.90 Å². The largest absolute Gasteiger partial charge is 0.493 e. The summed E-state index contributed by atoms with van der Waals surface area (Å²) in [4.78, 5) is 25.2. The van der Waals surface area contributed by atoms with Crippen molar-refractivity contribution in [3.05, 3.63) is 65.6 Å². The second kappa shape index (κ2) is 7.78. The molecular weight excluding hydrogens is 382 g/mol. The molecule has 9 heteroatoms. The number of pyridine rings is 1. The number of carbonyl (C=O) groups excluding carboxylic acids is 1. The molecule has 30 heavy (non-hydrogen) atoms. The van der Waals surface area contributed by atoms with Crippen molar-refractivity contribution in [2.24, 2.45) is 7.05 Å². The average Bonchev–Trinajstić information content (AvgIpc) is 3.10. The van der Waals surface area contributed by atoms with E-state index in [4.69, 9.17) is 0 Å². The van der Waals surface area contributed by atoms with Crippen LogP contribution in [0.3, 0.4) is 0 Å². The minimum Gasteiger partial charge on any atom is -0.493 e. The number of hydrogen-bond donors (Lipinski definition) is 3. The first-order valence-corrected chi connectivity index (χ1v) is 9.39. The third-order valence-electron chi connectivity index (χ3n) is 4.76. The SMILES string of the molecule is Cc1cc(C(=O)Nc2cccc([C@H](C)Nc3cnc4cnn(C)c4n3)c2)cnc1O. The van der Waals surface area contributed by atoms with Crippen molar-refractivity contribution in [2.45, 2.75) is 19.9 Å². The van der Waals surface area contributed by atoms with Gasteiger partial charge >= 0.3 is 0 Å². The van der Waals surface area contributed by atoms with Crippen LogP contribution in [0.4, 0.5) is 11.5 Å². The van der Waals surface area contributed by atoms with Gasteiger partial charge in [-0.3, -0.25) is 4.79 Å². The van der Waals surface area contributed by atoms with Gasteiger partial charge in [0.05, 0.1) is 24.0 Å². The van der Waals surface area contributed by atoms with Crippen LogP contribution in [-0.4, -0.2) is 35.7 Å². The van der Waals surface area contributed by atoms with E-state index in [0.717, 1.165) is 11.1 Å². The summed E-state index contributed by atoms with van der Waals surface area (Å²) in [6, 6.07) is 9.08. The number of aryl methyl sites for hydroxylation is 2. The number of amides is 1. The molecule has 0 bridgehead atoms. The lowest BCUT2D eigenvalue weighted by Gasteiger charge is -2.16. The van der Waals surface area contributed by atoms with Gasteiger partial charge in [0.25, 0.3) is 5.91 Å². The van der Waals surface area contributed by atoms with Gasteiger partial charge in [0.1, 0.15) is 11.3 Å². The Bertz CT molecular complexity index is 1240. The molecule has 0 aliphatic heterocycles. The molecule has 1 atom stereocenters. The van der Waals surface area contributed by atoms with Gasteiger partial charge in [-0.25, -0.2) is 19.6 Å². The van der Waals surface area contributed by atoms with Crippen molar-refractivity contribution in [3.63, 3.8) is 0 Å². The number of fused-ring (bicyclic) bond motifs is 1. The first-order valence-electron chi connectivity index (χ1n) is 9.39. The molecule has 0 aliphatic rings. The number of nitrogens with zero attached hydrogens (tertiary/aromatic N) is 5. The van der Waals surface area contributed by atoms with E-state index in [2.05, 4.69) is 30.7 Å². The molecular formula is C21H21N7O2. The van der Waals surface area contributed by atoms with Crippen molar-refractivity contribution in [3.8, 4) is 5.88 Å². The number of aromatic hydroxyl groups is 1. The molecule has 3 heterocycles. The summed E-state index contributed by atoms with van der Waals surface area (Å²) in [5.41, 5.74) is 3.98.